The highest BCUT2D eigenvalue weighted by atomic mass is 16.3. The molecule has 1 saturated carbocycles. The SMILES string of the molecule is CCNC(=O)c1cc(NCC2CC(O)C2)ccn1. The predicted octanol–water partition coefficient (Wildman–Crippen LogP) is 1.01. The first-order valence-corrected chi connectivity index (χ1v) is 6.35. The van der Waals surface area contributed by atoms with Crippen molar-refractivity contribution in [3.8, 4) is 0 Å². The Morgan fingerprint density at radius 3 is 3.00 bits per heavy atom. The second kappa shape index (κ2) is 5.82. The lowest BCUT2D eigenvalue weighted by atomic mass is 9.82. The van der Waals surface area contributed by atoms with Gasteiger partial charge in [0.15, 0.2) is 0 Å². The first-order chi connectivity index (χ1) is 8.69. The van der Waals surface area contributed by atoms with Gasteiger partial charge in [-0.25, -0.2) is 0 Å². The summed E-state index contributed by atoms with van der Waals surface area (Å²) in [6.07, 6.45) is 3.23. The molecule has 5 heteroatoms. The smallest absolute Gasteiger partial charge is 0.269 e. The van der Waals surface area contributed by atoms with E-state index in [-0.39, 0.29) is 12.0 Å². The third-order valence-electron chi connectivity index (χ3n) is 3.14. The van der Waals surface area contributed by atoms with Crippen LogP contribution in [0.3, 0.4) is 0 Å². The van der Waals surface area contributed by atoms with Crippen molar-refractivity contribution in [2.24, 2.45) is 5.92 Å². The van der Waals surface area contributed by atoms with E-state index in [2.05, 4.69) is 15.6 Å². The van der Waals surface area contributed by atoms with Crippen LogP contribution in [0.15, 0.2) is 18.3 Å². The van der Waals surface area contributed by atoms with Crippen LogP contribution in [0, 0.1) is 5.92 Å². The Bertz CT molecular complexity index is 416. The van der Waals surface area contributed by atoms with Gasteiger partial charge < -0.3 is 15.7 Å². The van der Waals surface area contributed by atoms with Crippen molar-refractivity contribution in [3.05, 3.63) is 24.0 Å². The van der Waals surface area contributed by atoms with E-state index < -0.39 is 0 Å². The van der Waals surface area contributed by atoms with Gasteiger partial charge in [0.1, 0.15) is 5.69 Å². The molecule has 1 amide bonds. The number of carbonyl (C=O) groups excluding carboxylic acids is 1. The number of aliphatic hydroxyl groups excluding tert-OH is 1. The zero-order valence-corrected chi connectivity index (χ0v) is 10.5. The van der Waals surface area contributed by atoms with Crippen LogP contribution in [0.5, 0.6) is 0 Å². The standard InChI is InChI=1S/C13H19N3O2/c1-2-14-13(18)12-7-10(3-4-15-12)16-8-9-5-11(17)6-9/h3-4,7,9,11,17H,2,5-6,8H2,1H3,(H,14,18)(H,15,16). The third-order valence-corrected chi connectivity index (χ3v) is 3.14. The first kappa shape index (κ1) is 12.8. The molecule has 0 bridgehead atoms. The minimum atomic E-state index is -0.153. The molecule has 0 aliphatic heterocycles. The second-order valence-corrected chi connectivity index (χ2v) is 4.66. The highest BCUT2D eigenvalue weighted by molar-refractivity contribution is 5.93. The number of pyridine rings is 1. The van der Waals surface area contributed by atoms with E-state index in [1.54, 1.807) is 12.3 Å². The molecule has 3 N–H and O–H groups in total. The van der Waals surface area contributed by atoms with Crippen LogP contribution in [0.2, 0.25) is 0 Å². The van der Waals surface area contributed by atoms with E-state index in [0.29, 0.717) is 18.2 Å². The number of aromatic nitrogens is 1. The quantitative estimate of drug-likeness (QED) is 0.728. The van der Waals surface area contributed by atoms with Crippen molar-refractivity contribution in [1.82, 2.24) is 10.3 Å². The summed E-state index contributed by atoms with van der Waals surface area (Å²) >= 11 is 0. The van der Waals surface area contributed by atoms with Crippen LogP contribution in [0.4, 0.5) is 5.69 Å². The molecule has 0 atom stereocenters. The molecular formula is C13H19N3O2. The molecule has 0 saturated heterocycles. The minimum Gasteiger partial charge on any atom is -0.393 e. The Morgan fingerprint density at radius 2 is 2.33 bits per heavy atom. The highest BCUT2D eigenvalue weighted by Crippen LogP contribution is 2.27. The molecule has 1 aromatic heterocycles. The fraction of sp³-hybridized carbons (Fsp3) is 0.538. The Hall–Kier alpha value is -1.62. The summed E-state index contributed by atoms with van der Waals surface area (Å²) in [6.45, 7) is 3.30. The molecule has 0 aromatic carbocycles. The van der Waals surface area contributed by atoms with Crippen molar-refractivity contribution in [1.29, 1.82) is 0 Å². The van der Waals surface area contributed by atoms with Crippen molar-refractivity contribution in [2.45, 2.75) is 25.9 Å². The second-order valence-electron chi connectivity index (χ2n) is 4.66. The van der Waals surface area contributed by atoms with Gasteiger partial charge >= 0.3 is 0 Å². The number of nitrogens with zero attached hydrogens (tertiary/aromatic N) is 1. The summed E-state index contributed by atoms with van der Waals surface area (Å²) in [4.78, 5) is 15.7. The van der Waals surface area contributed by atoms with Crippen molar-refractivity contribution in [3.63, 3.8) is 0 Å². The molecule has 2 rings (SSSR count). The van der Waals surface area contributed by atoms with Crippen molar-refractivity contribution in [2.75, 3.05) is 18.4 Å². The lowest BCUT2D eigenvalue weighted by molar-refractivity contribution is 0.0487. The van der Waals surface area contributed by atoms with Crippen molar-refractivity contribution < 1.29 is 9.90 Å². The molecule has 0 radical (unpaired) electrons. The largest absolute Gasteiger partial charge is 0.393 e. The highest BCUT2D eigenvalue weighted by Gasteiger charge is 2.26. The predicted molar refractivity (Wildman–Crippen MR) is 69.5 cm³/mol. The van der Waals surface area contributed by atoms with Gasteiger partial charge in [-0.05, 0) is 37.8 Å². The maximum atomic E-state index is 11.6. The van der Waals surface area contributed by atoms with Gasteiger partial charge in [-0.2, -0.15) is 0 Å². The lowest BCUT2D eigenvalue weighted by Crippen LogP contribution is -2.33. The maximum absolute atomic E-state index is 11.6. The average Bonchev–Trinajstić information content (AvgIpc) is 2.34. The van der Waals surface area contributed by atoms with Gasteiger partial charge in [-0.1, -0.05) is 0 Å². The van der Waals surface area contributed by atoms with E-state index >= 15 is 0 Å². The minimum absolute atomic E-state index is 0.125. The van der Waals surface area contributed by atoms with E-state index in [9.17, 15) is 9.90 Å². The van der Waals surface area contributed by atoms with Crippen LogP contribution in [-0.4, -0.2) is 35.2 Å². The average molecular weight is 249 g/mol. The van der Waals surface area contributed by atoms with Crippen LogP contribution in [-0.2, 0) is 0 Å². The first-order valence-electron chi connectivity index (χ1n) is 6.35. The third kappa shape index (κ3) is 3.20. The zero-order valence-electron chi connectivity index (χ0n) is 10.5. The van der Waals surface area contributed by atoms with Gasteiger partial charge in [-0.15, -0.1) is 0 Å². The summed E-state index contributed by atoms with van der Waals surface area (Å²) in [6, 6.07) is 3.60. The number of rotatable bonds is 5. The Kier molecular flexibility index (Phi) is 4.15. The van der Waals surface area contributed by atoms with E-state index in [0.717, 1.165) is 25.1 Å². The molecule has 1 aliphatic carbocycles. The van der Waals surface area contributed by atoms with Gasteiger partial charge in [0.25, 0.3) is 5.91 Å². The van der Waals surface area contributed by atoms with Gasteiger partial charge in [0.05, 0.1) is 6.10 Å². The lowest BCUT2D eigenvalue weighted by Gasteiger charge is -2.31. The van der Waals surface area contributed by atoms with Crippen LogP contribution < -0.4 is 10.6 Å². The van der Waals surface area contributed by atoms with Gasteiger partial charge in [-0.3, -0.25) is 9.78 Å². The monoisotopic (exact) mass is 249 g/mol. The number of nitrogens with one attached hydrogen (secondary N) is 2. The van der Waals surface area contributed by atoms with Crippen molar-refractivity contribution >= 4 is 11.6 Å². The number of amides is 1. The number of hydrogen-bond donors (Lipinski definition) is 3. The molecular weight excluding hydrogens is 230 g/mol. The van der Waals surface area contributed by atoms with Crippen LogP contribution in [0.25, 0.3) is 0 Å². The number of hydrogen-bond acceptors (Lipinski definition) is 4. The fourth-order valence-corrected chi connectivity index (χ4v) is 2.05. The molecule has 1 aliphatic rings. The Morgan fingerprint density at radius 1 is 1.56 bits per heavy atom. The van der Waals surface area contributed by atoms with E-state index in [4.69, 9.17) is 0 Å². The Labute approximate surface area is 107 Å². The topological polar surface area (TPSA) is 74.2 Å². The molecule has 1 heterocycles. The van der Waals surface area contributed by atoms with Crippen LogP contribution >= 0.6 is 0 Å². The molecule has 5 nitrogen and oxygen atoms in total. The Balaban J connectivity index is 1.88. The normalized spacial score (nSPS) is 22.1. The van der Waals surface area contributed by atoms with Gasteiger partial charge in [0, 0.05) is 25.0 Å². The van der Waals surface area contributed by atoms with Gasteiger partial charge in [0.2, 0.25) is 0 Å². The number of carbonyl (C=O) groups is 1. The molecule has 98 valence electrons. The fourth-order valence-electron chi connectivity index (χ4n) is 2.05. The molecule has 1 fully saturated rings. The number of anilines is 1. The van der Waals surface area contributed by atoms with E-state index in [1.807, 2.05) is 13.0 Å². The zero-order chi connectivity index (χ0) is 13.0. The molecule has 18 heavy (non-hydrogen) atoms. The van der Waals surface area contributed by atoms with E-state index in [1.165, 1.54) is 0 Å². The summed E-state index contributed by atoms with van der Waals surface area (Å²) < 4.78 is 0. The summed E-state index contributed by atoms with van der Waals surface area (Å²) in [5.74, 6) is 0.376. The maximum Gasteiger partial charge on any atom is 0.269 e. The number of aliphatic hydroxyl groups is 1. The molecule has 0 spiro atoms. The van der Waals surface area contributed by atoms with Crippen LogP contribution in [0.1, 0.15) is 30.3 Å². The summed E-state index contributed by atoms with van der Waals surface area (Å²) in [7, 11) is 0. The molecule has 0 unspecified atom stereocenters. The summed E-state index contributed by atoms with van der Waals surface area (Å²) in [5.41, 5.74) is 1.32. The molecule has 1 aromatic rings. The summed E-state index contributed by atoms with van der Waals surface area (Å²) in [5, 5.41) is 15.2.